The van der Waals surface area contributed by atoms with Crippen molar-refractivity contribution < 1.29 is 42.1 Å². The molecule has 0 radical (unpaired) electrons. The topological polar surface area (TPSA) is 111 Å². The highest BCUT2D eigenvalue weighted by atomic mass is 31.2. The minimum atomic E-state index is -4.61. The van der Waals surface area contributed by atoms with Crippen LogP contribution in [0, 0.1) is 0 Å². The molecular formula is C52H102NO8P. The van der Waals surface area contributed by atoms with Crippen molar-refractivity contribution in [3.05, 3.63) is 12.2 Å². The highest BCUT2D eigenvalue weighted by Crippen LogP contribution is 2.38. The molecule has 0 aliphatic heterocycles. The van der Waals surface area contributed by atoms with Crippen LogP contribution in [0.4, 0.5) is 0 Å². The zero-order valence-electron chi connectivity index (χ0n) is 41.6. The third kappa shape index (κ3) is 48.2. The second-order valence-electron chi connectivity index (χ2n) is 19.2. The third-order valence-corrected chi connectivity index (χ3v) is 12.7. The molecule has 0 amide bonds. The van der Waals surface area contributed by atoms with E-state index >= 15 is 0 Å². The van der Waals surface area contributed by atoms with Gasteiger partial charge in [-0.1, -0.05) is 219 Å². The molecule has 0 aromatic heterocycles. The van der Waals surface area contributed by atoms with Crippen LogP contribution in [0.25, 0.3) is 0 Å². The molecular weight excluding hydrogens is 798 g/mol. The zero-order valence-corrected chi connectivity index (χ0v) is 42.5. The first kappa shape index (κ1) is 60.8. The molecule has 0 aromatic rings. The van der Waals surface area contributed by atoms with E-state index in [1.165, 1.54) is 193 Å². The van der Waals surface area contributed by atoms with Crippen molar-refractivity contribution in [3.63, 3.8) is 0 Å². The van der Waals surface area contributed by atoms with E-state index in [0.29, 0.717) is 17.4 Å². The standard InChI is InChI=1S/C52H102NO8P/c1-6-8-10-12-14-15-16-17-18-19-20-21-22-23-24-25-26-27-28-29-30-31-32-33-34-35-36-37-39-41-43-45-52(55)61-50(49-60-62(56,57)59-47-46-53(3,4)5)48-58-51(54)44-42-40-38-13-11-9-7-2/h19-20,50H,6-18,21-49H2,1-5H3/b20-19-. The van der Waals surface area contributed by atoms with Gasteiger partial charge in [0, 0.05) is 12.8 Å². The van der Waals surface area contributed by atoms with Gasteiger partial charge in [0.15, 0.2) is 6.10 Å². The van der Waals surface area contributed by atoms with Gasteiger partial charge in [-0.15, -0.1) is 0 Å². The summed E-state index contributed by atoms with van der Waals surface area (Å²) in [6.45, 7) is 4.21. The predicted molar refractivity (Wildman–Crippen MR) is 259 cm³/mol. The van der Waals surface area contributed by atoms with Crippen molar-refractivity contribution in [1.29, 1.82) is 0 Å². The Kier molecular flexibility index (Phi) is 44.0. The molecule has 0 bridgehead atoms. The molecule has 0 N–H and O–H groups in total. The minimum Gasteiger partial charge on any atom is -0.756 e. The first-order valence-corrected chi connectivity index (χ1v) is 27.9. The van der Waals surface area contributed by atoms with E-state index in [1.807, 2.05) is 21.1 Å². The number of hydrogen-bond donors (Lipinski definition) is 0. The molecule has 0 aliphatic carbocycles. The van der Waals surface area contributed by atoms with Crippen molar-refractivity contribution in [2.45, 2.75) is 264 Å². The number of nitrogens with zero attached hydrogens (tertiary/aromatic N) is 1. The van der Waals surface area contributed by atoms with Crippen LogP contribution in [0.2, 0.25) is 0 Å². The highest BCUT2D eigenvalue weighted by molar-refractivity contribution is 7.45. The number of allylic oxidation sites excluding steroid dienone is 2. The summed E-state index contributed by atoms with van der Waals surface area (Å²) in [5.74, 6) is -0.828. The van der Waals surface area contributed by atoms with Crippen molar-refractivity contribution in [3.8, 4) is 0 Å². The van der Waals surface area contributed by atoms with E-state index in [1.54, 1.807) is 0 Å². The van der Waals surface area contributed by atoms with Gasteiger partial charge in [-0.2, -0.15) is 0 Å². The van der Waals surface area contributed by atoms with Crippen LogP contribution < -0.4 is 4.89 Å². The summed E-state index contributed by atoms with van der Waals surface area (Å²) in [5, 5.41) is 0. The van der Waals surface area contributed by atoms with Gasteiger partial charge in [-0.25, -0.2) is 0 Å². The lowest BCUT2D eigenvalue weighted by atomic mass is 10.0. The molecule has 0 spiro atoms. The van der Waals surface area contributed by atoms with Gasteiger partial charge in [-0.05, 0) is 38.5 Å². The fourth-order valence-electron chi connectivity index (χ4n) is 7.65. The Balaban J connectivity index is 3.90. The normalized spacial score (nSPS) is 13.5. The van der Waals surface area contributed by atoms with Crippen molar-refractivity contribution in [2.75, 3.05) is 47.5 Å². The summed E-state index contributed by atoms with van der Waals surface area (Å²) in [5.41, 5.74) is 0. The zero-order chi connectivity index (χ0) is 45.7. The second kappa shape index (κ2) is 44.9. The summed E-state index contributed by atoms with van der Waals surface area (Å²) < 4.78 is 33.9. The van der Waals surface area contributed by atoms with E-state index in [2.05, 4.69) is 26.0 Å². The second-order valence-corrected chi connectivity index (χ2v) is 20.7. The molecule has 2 atom stereocenters. The molecule has 0 rings (SSSR count). The Morgan fingerprint density at radius 1 is 0.484 bits per heavy atom. The van der Waals surface area contributed by atoms with Gasteiger partial charge in [0.1, 0.15) is 19.8 Å². The molecule has 0 aromatic carbocycles. The van der Waals surface area contributed by atoms with Crippen LogP contribution >= 0.6 is 7.82 Å². The van der Waals surface area contributed by atoms with Crippen LogP contribution in [0.15, 0.2) is 12.2 Å². The molecule has 10 heteroatoms. The SMILES string of the molecule is CCCCCCCCCC/C=C\CCCCCCCCCCCCCCCCCCCCCC(=O)OC(COC(=O)CCCCCCCCC)COP(=O)([O-])OCC[N+](C)(C)C. The number of quaternary nitrogens is 1. The average Bonchev–Trinajstić information content (AvgIpc) is 3.23. The minimum absolute atomic E-state index is 0.0270. The first-order chi connectivity index (χ1) is 30.0. The molecule has 2 unspecified atom stereocenters. The molecule has 0 fully saturated rings. The number of carbonyl (C=O) groups is 2. The van der Waals surface area contributed by atoms with Crippen LogP contribution in [-0.4, -0.2) is 70.0 Å². The lowest BCUT2D eigenvalue weighted by Crippen LogP contribution is -2.37. The number of hydrogen-bond acceptors (Lipinski definition) is 8. The first-order valence-electron chi connectivity index (χ1n) is 26.4. The van der Waals surface area contributed by atoms with E-state index < -0.39 is 26.5 Å². The Labute approximate surface area is 384 Å². The van der Waals surface area contributed by atoms with Crippen LogP contribution in [-0.2, 0) is 32.7 Å². The Hall–Kier alpha value is -1.25. The van der Waals surface area contributed by atoms with Gasteiger partial charge in [0.05, 0.1) is 27.7 Å². The summed E-state index contributed by atoms with van der Waals surface area (Å²) in [6.07, 6.45) is 50.1. The highest BCUT2D eigenvalue weighted by Gasteiger charge is 2.21. The Morgan fingerprint density at radius 3 is 1.19 bits per heavy atom. The molecule has 9 nitrogen and oxygen atoms in total. The van der Waals surface area contributed by atoms with Gasteiger partial charge in [-0.3, -0.25) is 14.2 Å². The van der Waals surface area contributed by atoms with E-state index in [-0.39, 0.29) is 32.0 Å². The van der Waals surface area contributed by atoms with E-state index in [9.17, 15) is 19.0 Å². The van der Waals surface area contributed by atoms with Gasteiger partial charge in [0.2, 0.25) is 0 Å². The summed E-state index contributed by atoms with van der Waals surface area (Å²) >= 11 is 0. The lowest BCUT2D eigenvalue weighted by molar-refractivity contribution is -0.870. The van der Waals surface area contributed by atoms with E-state index in [4.69, 9.17) is 18.5 Å². The fraction of sp³-hybridized carbons (Fsp3) is 0.923. The lowest BCUT2D eigenvalue weighted by Gasteiger charge is -2.28. The quantitative estimate of drug-likeness (QED) is 0.0195. The Morgan fingerprint density at radius 2 is 0.823 bits per heavy atom. The average molecular weight is 900 g/mol. The van der Waals surface area contributed by atoms with Gasteiger partial charge in [0.25, 0.3) is 7.82 Å². The smallest absolute Gasteiger partial charge is 0.306 e. The molecule has 0 saturated carbocycles. The van der Waals surface area contributed by atoms with Gasteiger partial charge >= 0.3 is 11.9 Å². The molecule has 0 heterocycles. The largest absolute Gasteiger partial charge is 0.756 e. The number of phosphoric ester groups is 1. The van der Waals surface area contributed by atoms with Crippen molar-refractivity contribution in [1.82, 2.24) is 0 Å². The molecule has 62 heavy (non-hydrogen) atoms. The number of unbranched alkanes of at least 4 members (excludes halogenated alkanes) is 33. The van der Waals surface area contributed by atoms with Gasteiger partial charge < -0.3 is 27.9 Å². The summed E-state index contributed by atoms with van der Waals surface area (Å²) in [6, 6.07) is 0. The third-order valence-electron chi connectivity index (χ3n) is 11.8. The number of likely N-dealkylation sites (N-methyl/N-ethyl adjacent to an activating group) is 1. The molecule has 0 saturated heterocycles. The summed E-state index contributed by atoms with van der Waals surface area (Å²) in [4.78, 5) is 37.4. The van der Waals surface area contributed by atoms with Crippen LogP contribution in [0.5, 0.6) is 0 Å². The van der Waals surface area contributed by atoms with Crippen LogP contribution in [0.3, 0.4) is 0 Å². The number of rotatable bonds is 49. The number of carbonyl (C=O) groups excluding carboxylic acids is 2. The predicted octanol–water partition coefficient (Wildman–Crippen LogP) is 15.1. The molecule has 368 valence electrons. The number of esters is 2. The Bertz CT molecular complexity index is 1060. The van der Waals surface area contributed by atoms with E-state index in [0.717, 1.165) is 32.1 Å². The maximum atomic E-state index is 12.7. The van der Waals surface area contributed by atoms with Crippen molar-refractivity contribution >= 4 is 19.8 Å². The fourth-order valence-corrected chi connectivity index (χ4v) is 8.38. The monoisotopic (exact) mass is 900 g/mol. The molecule has 0 aliphatic rings. The maximum Gasteiger partial charge on any atom is 0.306 e. The van der Waals surface area contributed by atoms with Crippen molar-refractivity contribution in [2.24, 2.45) is 0 Å². The number of ether oxygens (including phenoxy) is 2. The number of phosphoric acid groups is 1. The van der Waals surface area contributed by atoms with Crippen LogP contribution in [0.1, 0.15) is 258 Å². The summed E-state index contributed by atoms with van der Waals surface area (Å²) in [7, 11) is 1.18. The maximum absolute atomic E-state index is 12.7.